The molecule has 0 aliphatic rings. The molecule has 0 aliphatic heterocycles. The van der Waals surface area contributed by atoms with Crippen LogP contribution in [-0.4, -0.2) is 20.7 Å². The van der Waals surface area contributed by atoms with Gasteiger partial charge in [0, 0.05) is 23.4 Å². The summed E-state index contributed by atoms with van der Waals surface area (Å²) in [4.78, 5) is 1.39. The standard InChI is InChI=1S/C17H16ClNO2S2/c18-17-15-6-2-1-4-13(15)7-8-16(17)23(20,21)11-9-19-12-14-5-3-10-22-14/h1-8,10,19H,9,11-12H2. The van der Waals surface area contributed by atoms with Crippen LogP contribution in [0, 0.1) is 0 Å². The topological polar surface area (TPSA) is 46.2 Å². The van der Waals surface area contributed by atoms with E-state index < -0.39 is 9.84 Å². The number of nitrogens with one attached hydrogen (secondary N) is 1. The van der Waals surface area contributed by atoms with Gasteiger partial charge in [0.25, 0.3) is 0 Å². The van der Waals surface area contributed by atoms with Gasteiger partial charge in [-0.1, -0.05) is 48.0 Å². The maximum atomic E-state index is 12.5. The summed E-state index contributed by atoms with van der Waals surface area (Å²) >= 11 is 7.97. The second-order valence-corrected chi connectivity index (χ2v) is 8.66. The van der Waals surface area contributed by atoms with Gasteiger partial charge in [0.1, 0.15) is 0 Å². The third-order valence-corrected chi connectivity index (χ3v) is 6.74. The summed E-state index contributed by atoms with van der Waals surface area (Å²) in [5, 5.41) is 7.17. The van der Waals surface area contributed by atoms with Crippen LogP contribution in [0.25, 0.3) is 10.8 Å². The van der Waals surface area contributed by atoms with E-state index in [2.05, 4.69) is 5.32 Å². The number of sulfone groups is 1. The number of rotatable bonds is 6. The summed E-state index contributed by atoms with van der Waals surface area (Å²) in [6.45, 7) is 1.07. The second kappa shape index (κ2) is 7.01. The molecule has 0 bridgehead atoms. The molecule has 0 atom stereocenters. The monoisotopic (exact) mass is 365 g/mol. The molecule has 0 fully saturated rings. The highest BCUT2D eigenvalue weighted by Gasteiger charge is 2.19. The fourth-order valence-electron chi connectivity index (χ4n) is 2.40. The summed E-state index contributed by atoms with van der Waals surface area (Å²) < 4.78 is 25.1. The Bertz CT molecular complexity index is 905. The first kappa shape index (κ1) is 16.5. The van der Waals surface area contributed by atoms with Crippen LogP contribution in [0.4, 0.5) is 0 Å². The minimum atomic E-state index is -3.41. The van der Waals surface area contributed by atoms with Crippen molar-refractivity contribution in [1.82, 2.24) is 5.32 Å². The molecule has 0 spiro atoms. The highest BCUT2D eigenvalue weighted by Crippen LogP contribution is 2.30. The molecular formula is C17H16ClNO2S2. The Kier molecular flexibility index (Phi) is 5.02. The van der Waals surface area contributed by atoms with Crippen LogP contribution < -0.4 is 5.32 Å². The van der Waals surface area contributed by atoms with E-state index in [0.717, 1.165) is 10.8 Å². The van der Waals surface area contributed by atoms with Gasteiger partial charge in [0.2, 0.25) is 0 Å². The van der Waals surface area contributed by atoms with Crippen LogP contribution in [-0.2, 0) is 16.4 Å². The first-order chi connectivity index (χ1) is 11.1. The van der Waals surface area contributed by atoms with Crippen molar-refractivity contribution in [1.29, 1.82) is 0 Å². The third-order valence-electron chi connectivity index (χ3n) is 3.59. The zero-order valence-electron chi connectivity index (χ0n) is 12.3. The third kappa shape index (κ3) is 3.75. The van der Waals surface area contributed by atoms with Crippen LogP contribution in [0.2, 0.25) is 5.02 Å². The minimum absolute atomic E-state index is 0.0242. The molecule has 1 aromatic heterocycles. The number of halogens is 1. The van der Waals surface area contributed by atoms with Crippen molar-refractivity contribution in [3.63, 3.8) is 0 Å². The van der Waals surface area contributed by atoms with Gasteiger partial charge in [-0.25, -0.2) is 8.42 Å². The van der Waals surface area contributed by atoms with E-state index in [1.807, 2.05) is 41.8 Å². The predicted molar refractivity (Wildman–Crippen MR) is 97.0 cm³/mol. The fourth-order valence-corrected chi connectivity index (χ4v) is 4.95. The summed E-state index contributed by atoms with van der Waals surface area (Å²) in [7, 11) is -3.41. The van der Waals surface area contributed by atoms with E-state index >= 15 is 0 Å². The lowest BCUT2D eigenvalue weighted by atomic mass is 10.1. The molecule has 0 aliphatic carbocycles. The Hall–Kier alpha value is -1.40. The largest absolute Gasteiger partial charge is 0.311 e. The van der Waals surface area contributed by atoms with Crippen molar-refractivity contribution in [2.45, 2.75) is 11.4 Å². The van der Waals surface area contributed by atoms with E-state index in [1.165, 1.54) is 4.88 Å². The zero-order chi connectivity index (χ0) is 16.3. The first-order valence-corrected chi connectivity index (χ1v) is 10.1. The number of hydrogen-bond acceptors (Lipinski definition) is 4. The van der Waals surface area contributed by atoms with Gasteiger partial charge in [0.15, 0.2) is 9.84 Å². The van der Waals surface area contributed by atoms with Crippen LogP contribution in [0.15, 0.2) is 58.8 Å². The Morgan fingerprint density at radius 2 is 1.87 bits per heavy atom. The van der Waals surface area contributed by atoms with Crippen molar-refractivity contribution in [3.8, 4) is 0 Å². The van der Waals surface area contributed by atoms with Crippen LogP contribution in [0.1, 0.15) is 4.88 Å². The van der Waals surface area contributed by atoms with Crippen molar-refractivity contribution < 1.29 is 8.42 Å². The number of thiophene rings is 1. The normalized spacial score (nSPS) is 11.9. The minimum Gasteiger partial charge on any atom is -0.311 e. The maximum absolute atomic E-state index is 12.5. The molecule has 120 valence electrons. The Morgan fingerprint density at radius 3 is 2.65 bits per heavy atom. The molecule has 0 radical (unpaired) electrons. The lowest BCUT2D eigenvalue weighted by molar-refractivity contribution is 0.591. The lowest BCUT2D eigenvalue weighted by Gasteiger charge is -2.09. The van der Waals surface area contributed by atoms with Crippen molar-refractivity contribution in [2.75, 3.05) is 12.3 Å². The highest BCUT2D eigenvalue weighted by molar-refractivity contribution is 7.91. The van der Waals surface area contributed by atoms with Crippen molar-refractivity contribution in [2.24, 2.45) is 0 Å². The van der Waals surface area contributed by atoms with Crippen molar-refractivity contribution >= 4 is 43.5 Å². The summed E-state index contributed by atoms with van der Waals surface area (Å²) in [6.07, 6.45) is 0. The van der Waals surface area contributed by atoms with E-state index in [-0.39, 0.29) is 10.6 Å². The summed E-state index contributed by atoms with van der Waals surface area (Å²) in [5.41, 5.74) is 0. The number of hydrogen-bond donors (Lipinski definition) is 1. The van der Waals surface area contributed by atoms with Gasteiger partial charge >= 0.3 is 0 Å². The summed E-state index contributed by atoms with van der Waals surface area (Å²) in [5.74, 6) is 0.0242. The lowest BCUT2D eigenvalue weighted by Crippen LogP contribution is -2.22. The first-order valence-electron chi connectivity index (χ1n) is 7.21. The quantitative estimate of drug-likeness (QED) is 0.668. The molecule has 3 aromatic rings. The number of fused-ring (bicyclic) bond motifs is 1. The molecule has 1 heterocycles. The average Bonchev–Trinajstić information content (AvgIpc) is 3.05. The smallest absolute Gasteiger partial charge is 0.181 e. The second-order valence-electron chi connectivity index (χ2n) is 5.17. The van der Waals surface area contributed by atoms with Gasteiger partial charge in [-0.05, 0) is 22.9 Å². The highest BCUT2D eigenvalue weighted by atomic mass is 35.5. The molecule has 0 unspecified atom stereocenters. The molecule has 0 amide bonds. The molecule has 3 rings (SSSR count). The van der Waals surface area contributed by atoms with E-state index in [4.69, 9.17) is 11.6 Å². The van der Waals surface area contributed by atoms with Gasteiger partial charge in [-0.3, -0.25) is 0 Å². The van der Waals surface area contributed by atoms with Crippen molar-refractivity contribution in [3.05, 3.63) is 63.8 Å². The molecule has 0 saturated carbocycles. The van der Waals surface area contributed by atoms with E-state index in [1.54, 1.807) is 23.5 Å². The molecule has 0 saturated heterocycles. The molecular weight excluding hydrogens is 350 g/mol. The predicted octanol–water partition coefficient (Wildman–Crippen LogP) is 4.12. The Morgan fingerprint density at radius 1 is 1.04 bits per heavy atom. The summed E-state index contributed by atoms with van der Waals surface area (Å²) in [6, 6.07) is 14.9. The Labute approximate surface area is 144 Å². The molecule has 2 aromatic carbocycles. The van der Waals surface area contributed by atoms with Crippen LogP contribution >= 0.6 is 22.9 Å². The molecule has 1 N–H and O–H groups in total. The average molecular weight is 366 g/mol. The van der Waals surface area contributed by atoms with Gasteiger partial charge in [0.05, 0.1) is 15.7 Å². The van der Waals surface area contributed by atoms with Gasteiger partial charge < -0.3 is 5.32 Å². The molecule has 3 nitrogen and oxygen atoms in total. The fraction of sp³-hybridized carbons (Fsp3) is 0.176. The number of benzene rings is 2. The Balaban J connectivity index is 1.73. The molecule has 23 heavy (non-hydrogen) atoms. The SMILES string of the molecule is O=S(=O)(CCNCc1cccs1)c1ccc2ccccc2c1Cl. The van der Waals surface area contributed by atoms with Gasteiger partial charge in [-0.15, -0.1) is 11.3 Å². The van der Waals surface area contributed by atoms with E-state index in [9.17, 15) is 8.42 Å². The van der Waals surface area contributed by atoms with Gasteiger partial charge in [-0.2, -0.15) is 0 Å². The van der Waals surface area contributed by atoms with Crippen LogP contribution in [0.5, 0.6) is 0 Å². The molecule has 6 heteroatoms. The maximum Gasteiger partial charge on any atom is 0.181 e. The van der Waals surface area contributed by atoms with E-state index in [0.29, 0.717) is 18.1 Å². The zero-order valence-corrected chi connectivity index (χ0v) is 14.7. The van der Waals surface area contributed by atoms with Crippen LogP contribution in [0.3, 0.4) is 0 Å².